The molecule has 0 aliphatic heterocycles. The van der Waals surface area contributed by atoms with Crippen LogP contribution in [0.3, 0.4) is 0 Å². The van der Waals surface area contributed by atoms with Crippen molar-refractivity contribution in [2.24, 2.45) is 5.92 Å². The average Bonchev–Trinajstić information content (AvgIpc) is 2.04. The van der Waals surface area contributed by atoms with Crippen LogP contribution in [-0.4, -0.2) is 18.1 Å². The molecular weight excluding hydrogens is 161 g/mol. The Kier molecular flexibility index (Phi) is 4.82. The lowest BCUT2D eigenvalue weighted by molar-refractivity contribution is 0.314. The molecule has 2 N–H and O–H groups in total. The van der Waals surface area contributed by atoms with Crippen LogP contribution in [0.4, 0.5) is 0 Å². The molecule has 0 heterocycles. The van der Waals surface area contributed by atoms with Gasteiger partial charge in [0.15, 0.2) is 0 Å². The highest BCUT2D eigenvalue weighted by Crippen LogP contribution is 2.27. The van der Waals surface area contributed by atoms with Crippen molar-refractivity contribution in [3.05, 3.63) is 0 Å². The van der Waals surface area contributed by atoms with Crippen molar-refractivity contribution >= 4 is 7.05 Å². The third-order valence-corrected chi connectivity index (χ3v) is 2.94. The number of hydrogen-bond acceptors (Lipinski definition) is 2. The van der Waals surface area contributed by atoms with Crippen LogP contribution in [0, 0.1) is 5.92 Å². The fraction of sp³-hybridized carbons (Fsp3) is 1.00. The first-order valence-electron chi connectivity index (χ1n) is 5.62. The molecule has 0 aromatic carbocycles. The number of rotatable bonds is 4. The van der Waals surface area contributed by atoms with E-state index in [0.717, 1.165) is 5.92 Å². The average molecular weight is 183 g/mol. The van der Waals surface area contributed by atoms with Gasteiger partial charge >= 0.3 is 7.05 Å². The Morgan fingerprint density at radius 2 is 2.00 bits per heavy atom. The third-order valence-electron chi connectivity index (χ3n) is 2.94. The summed E-state index contributed by atoms with van der Waals surface area (Å²) in [5.41, 5.74) is 0. The van der Waals surface area contributed by atoms with E-state index >= 15 is 0 Å². The Morgan fingerprint density at radius 1 is 1.38 bits per heavy atom. The summed E-state index contributed by atoms with van der Waals surface area (Å²) >= 11 is 0. The van der Waals surface area contributed by atoms with Crippen LogP contribution < -0.4 is 5.23 Å². The largest absolute Gasteiger partial charge is 0.437 e. The third kappa shape index (κ3) is 4.68. The lowest BCUT2D eigenvalue weighted by atomic mass is 9.82. The topological polar surface area (TPSA) is 32.3 Å². The van der Waals surface area contributed by atoms with E-state index in [-0.39, 0.29) is 7.05 Å². The first-order chi connectivity index (χ1) is 6.18. The molecule has 1 rings (SSSR count). The van der Waals surface area contributed by atoms with Crippen molar-refractivity contribution in [2.45, 2.75) is 58.3 Å². The Bertz CT molecular complexity index is 135. The molecule has 1 aliphatic rings. The van der Waals surface area contributed by atoms with Gasteiger partial charge in [-0.2, -0.15) is 0 Å². The summed E-state index contributed by atoms with van der Waals surface area (Å²) < 4.78 is 0. The van der Waals surface area contributed by atoms with E-state index in [1.54, 1.807) is 6.82 Å². The second kappa shape index (κ2) is 5.66. The van der Waals surface area contributed by atoms with E-state index in [1.165, 1.54) is 38.5 Å². The van der Waals surface area contributed by atoms with Crippen LogP contribution in [0.15, 0.2) is 0 Å². The summed E-state index contributed by atoms with van der Waals surface area (Å²) in [5.74, 6) is 0.898. The minimum Gasteiger partial charge on any atom is -0.437 e. The van der Waals surface area contributed by atoms with Crippen molar-refractivity contribution < 1.29 is 5.02 Å². The zero-order valence-electron chi connectivity index (χ0n) is 8.92. The van der Waals surface area contributed by atoms with E-state index in [0.29, 0.717) is 6.04 Å². The number of hydrogen-bond donors (Lipinski definition) is 2. The highest BCUT2D eigenvalue weighted by Gasteiger charge is 2.17. The molecule has 0 bridgehead atoms. The molecule has 0 saturated heterocycles. The fourth-order valence-electron chi connectivity index (χ4n) is 2.40. The zero-order chi connectivity index (χ0) is 9.68. The van der Waals surface area contributed by atoms with Gasteiger partial charge in [-0.25, -0.2) is 0 Å². The van der Waals surface area contributed by atoms with Gasteiger partial charge in [-0.15, -0.1) is 0 Å². The fourth-order valence-corrected chi connectivity index (χ4v) is 2.40. The highest BCUT2D eigenvalue weighted by atomic mass is 16.2. The molecule has 76 valence electrons. The van der Waals surface area contributed by atoms with Crippen molar-refractivity contribution in [1.82, 2.24) is 5.23 Å². The summed E-state index contributed by atoms with van der Waals surface area (Å²) in [6.45, 7) is 3.96. The molecule has 0 aromatic heterocycles. The molecule has 1 fully saturated rings. The molecule has 3 heteroatoms. The Morgan fingerprint density at radius 3 is 2.54 bits per heavy atom. The first kappa shape index (κ1) is 11.1. The van der Waals surface area contributed by atoms with Crippen molar-refractivity contribution in [1.29, 1.82) is 0 Å². The molecule has 1 atom stereocenters. The van der Waals surface area contributed by atoms with Gasteiger partial charge in [0, 0.05) is 0 Å². The monoisotopic (exact) mass is 183 g/mol. The van der Waals surface area contributed by atoms with Gasteiger partial charge in [0.2, 0.25) is 0 Å². The Labute approximate surface area is 82.2 Å². The maximum Gasteiger partial charge on any atom is 0.373 e. The quantitative estimate of drug-likeness (QED) is 0.653. The van der Waals surface area contributed by atoms with Crippen LogP contribution >= 0.6 is 0 Å². The van der Waals surface area contributed by atoms with Gasteiger partial charge in [-0.1, -0.05) is 39.0 Å². The van der Waals surface area contributed by atoms with Crippen molar-refractivity contribution in [2.75, 3.05) is 0 Å². The molecule has 1 saturated carbocycles. The molecule has 13 heavy (non-hydrogen) atoms. The summed E-state index contributed by atoms with van der Waals surface area (Å²) in [5, 5.41) is 12.3. The van der Waals surface area contributed by atoms with Crippen molar-refractivity contribution in [3.63, 3.8) is 0 Å². The molecule has 0 amide bonds. The van der Waals surface area contributed by atoms with Gasteiger partial charge in [-0.05, 0) is 25.2 Å². The second-order valence-corrected chi connectivity index (χ2v) is 4.48. The van der Waals surface area contributed by atoms with E-state index in [1.807, 2.05) is 0 Å². The van der Waals surface area contributed by atoms with Gasteiger partial charge in [0.05, 0.1) is 0 Å². The van der Waals surface area contributed by atoms with Crippen molar-refractivity contribution in [3.8, 4) is 0 Å². The molecule has 1 aliphatic carbocycles. The van der Waals surface area contributed by atoms with E-state index < -0.39 is 0 Å². The van der Waals surface area contributed by atoms with Gasteiger partial charge in [0.25, 0.3) is 0 Å². The SMILES string of the molecule is CB(O)N[C@@H](C)CC1CCCCC1. The zero-order valence-corrected chi connectivity index (χ0v) is 8.92. The summed E-state index contributed by atoms with van der Waals surface area (Å²) in [6.07, 6.45) is 8.26. The predicted octanol–water partition coefficient (Wildman–Crippen LogP) is 2.05. The smallest absolute Gasteiger partial charge is 0.373 e. The highest BCUT2D eigenvalue weighted by molar-refractivity contribution is 6.45. The van der Waals surface area contributed by atoms with Crippen LogP contribution in [0.5, 0.6) is 0 Å². The van der Waals surface area contributed by atoms with Crippen LogP contribution in [0.2, 0.25) is 6.82 Å². The second-order valence-electron chi connectivity index (χ2n) is 4.48. The Balaban J connectivity index is 2.14. The minimum atomic E-state index is -0.362. The van der Waals surface area contributed by atoms with E-state index in [2.05, 4.69) is 12.2 Å². The Hall–Kier alpha value is -0.0151. The van der Waals surface area contributed by atoms with Gasteiger partial charge in [0.1, 0.15) is 0 Å². The first-order valence-corrected chi connectivity index (χ1v) is 5.62. The summed E-state index contributed by atoms with van der Waals surface area (Å²) in [4.78, 5) is 0. The summed E-state index contributed by atoms with van der Waals surface area (Å²) in [6, 6.07) is 0.461. The maximum atomic E-state index is 9.14. The molecule has 0 spiro atoms. The lowest BCUT2D eigenvalue weighted by Crippen LogP contribution is -2.39. The van der Waals surface area contributed by atoms with E-state index in [4.69, 9.17) is 5.02 Å². The summed E-state index contributed by atoms with van der Waals surface area (Å²) in [7, 11) is -0.362. The van der Waals surface area contributed by atoms with Crippen LogP contribution in [0.25, 0.3) is 0 Å². The maximum absolute atomic E-state index is 9.14. The number of nitrogens with one attached hydrogen (secondary N) is 1. The van der Waals surface area contributed by atoms with Crippen LogP contribution in [-0.2, 0) is 0 Å². The van der Waals surface area contributed by atoms with E-state index in [9.17, 15) is 0 Å². The normalized spacial score (nSPS) is 21.5. The standard InChI is InChI=1S/C10H22BNO/c1-9(12-11(2)13)8-10-6-4-3-5-7-10/h9-10,12-13H,3-8H2,1-2H3/t9-/m0/s1. The molecule has 2 nitrogen and oxygen atoms in total. The molecule has 0 radical (unpaired) electrons. The molecule has 0 aromatic rings. The lowest BCUT2D eigenvalue weighted by Gasteiger charge is -2.25. The predicted molar refractivity (Wildman–Crippen MR) is 57.6 cm³/mol. The van der Waals surface area contributed by atoms with Gasteiger partial charge in [-0.3, -0.25) is 0 Å². The molecule has 0 unspecified atom stereocenters. The molecular formula is C10H22BNO. The minimum absolute atomic E-state index is 0.362. The van der Waals surface area contributed by atoms with Gasteiger partial charge < -0.3 is 10.3 Å². The van der Waals surface area contributed by atoms with Crippen LogP contribution in [0.1, 0.15) is 45.4 Å².